The highest BCUT2D eigenvalue weighted by Crippen LogP contribution is 2.18. The van der Waals surface area contributed by atoms with E-state index in [9.17, 15) is 4.79 Å². The largest absolute Gasteiger partial charge is 0.325 e. The molecule has 0 aromatic carbocycles. The zero-order chi connectivity index (χ0) is 12.8. The minimum absolute atomic E-state index is 0.221. The first-order valence-corrected chi connectivity index (χ1v) is 6.77. The third-order valence-corrected chi connectivity index (χ3v) is 3.54. The normalized spacial score (nSPS) is 17.6. The van der Waals surface area contributed by atoms with Gasteiger partial charge in [-0.2, -0.15) is 0 Å². The van der Waals surface area contributed by atoms with Gasteiger partial charge in [-0.3, -0.25) is 0 Å². The van der Waals surface area contributed by atoms with Gasteiger partial charge in [0.15, 0.2) is 0 Å². The van der Waals surface area contributed by atoms with Gasteiger partial charge in [0.2, 0.25) is 0 Å². The number of piperidine rings is 1. The fourth-order valence-electron chi connectivity index (χ4n) is 2.52. The van der Waals surface area contributed by atoms with E-state index in [1.54, 1.807) is 0 Å². The lowest BCUT2D eigenvalue weighted by molar-refractivity contribution is 0.130. The Morgan fingerprint density at radius 2 is 1.71 bits per heavy atom. The molecule has 0 aromatic heterocycles. The quantitative estimate of drug-likeness (QED) is 0.749. The van der Waals surface area contributed by atoms with Crippen LogP contribution in [-0.2, 0) is 0 Å². The Kier molecular flexibility index (Phi) is 5.75. The number of hydrogen-bond donors (Lipinski definition) is 0. The van der Waals surface area contributed by atoms with Crippen LogP contribution >= 0.6 is 0 Å². The van der Waals surface area contributed by atoms with E-state index in [1.165, 1.54) is 0 Å². The van der Waals surface area contributed by atoms with Crippen molar-refractivity contribution in [1.29, 1.82) is 0 Å². The summed E-state index contributed by atoms with van der Waals surface area (Å²) in [4.78, 5) is 18.3. The average Bonchev–Trinajstić information content (AvgIpc) is 2.30. The zero-order valence-electron chi connectivity index (χ0n) is 11.8. The first kappa shape index (κ1) is 14.3. The third kappa shape index (κ3) is 4.19. The molecule has 1 rings (SSSR count). The Labute approximate surface area is 106 Å². The van der Waals surface area contributed by atoms with Gasteiger partial charge in [-0.25, -0.2) is 4.79 Å². The minimum Gasteiger partial charge on any atom is -0.325 e. The van der Waals surface area contributed by atoms with Gasteiger partial charge in [0.25, 0.3) is 0 Å². The number of rotatable bonds is 4. The highest BCUT2D eigenvalue weighted by molar-refractivity contribution is 5.74. The molecule has 0 spiro atoms. The molecule has 0 N–H and O–H groups in total. The maximum Gasteiger partial charge on any atom is 0.319 e. The van der Waals surface area contributed by atoms with E-state index in [1.807, 2.05) is 23.6 Å². The monoisotopic (exact) mass is 241 g/mol. The maximum absolute atomic E-state index is 12.1. The predicted octanol–water partition coefficient (Wildman–Crippen LogP) is 1.72. The van der Waals surface area contributed by atoms with Crippen molar-refractivity contribution >= 4 is 6.03 Å². The fourth-order valence-corrected chi connectivity index (χ4v) is 2.52. The van der Waals surface area contributed by atoms with E-state index >= 15 is 0 Å². The van der Waals surface area contributed by atoms with Crippen molar-refractivity contribution in [3.05, 3.63) is 0 Å². The molecule has 1 aliphatic rings. The van der Waals surface area contributed by atoms with Gasteiger partial charge in [-0.1, -0.05) is 0 Å². The standard InChI is InChI=1S/C13H27N3O/c1-5-15(6-2)13(17)16-9-7-12(8-10-16)11-14(3)4/h12H,5-11H2,1-4H3. The highest BCUT2D eigenvalue weighted by Gasteiger charge is 2.25. The van der Waals surface area contributed by atoms with E-state index in [2.05, 4.69) is 19.0 Å². The van der Waals surface area contributed by atoms with Crippen molar-refractivity contribution in [2.24, 2.45) is 5.92 Å². The second-order valence-electron chi connectivity index (χ2n) is 5.15. The topological polar surface area (TPSA) is 26.8 Å². The van der Waals surface area contributed by atoms with E-state index in [0.29, 0.717) is 0 Å². The van der Waals surface area contributed by atoms with Crippen LogP contribution in [0, 0.1) is 5.92 Å². The second-order valence-corrected chi connectivity index (χ2v) is 5.15. The van der Waals surface area contributed by atoms with E-state index < -0.39 is 0 Å². The van der Waals surface area contributed by atoms with Gasteiger partial charge in [0, 0.05) is 32.7 Å². The first-order chi connectivity index (χ1) is 8.08. The molecule has 100 valence electrons. The number of likely N-dealkylation sites (tertiary alicyclic amines) is 1. The first-order valence-electron chi connectivity index (χ1n) is 6.77. The molecule has 0 unspecified atom stereocenters. The predicted molar refractivity (Wildman–Crippen MR) is 71.2 cm³/mol. The van der Waals surface area contributed by atoms with Gasteiger partial charge < -0.3 is 14.7 Å². The highest BCUT2D eigenvalue weighted by atomic mass is 16.2. The van der Waals surface area contributed by atoms with Crippen molar-refractivity contribution in [3.8, 4) is 0 Å². The second kappa shape index (κ2) is 6.84. The molecule has 4 nitrogen and oxygen atoms in total. The number of carbonyl (C=O) groups is 1. The molecule has 0 saturated carbocycles. The molecular formula is C13H27N3O. The summed E-state index contributed by atoms with van der Waals surface area (Å²) in [5, 5.41) is 0. The summed E-state index contributed by atoms with van der Waals surface area (Å²) in [5.41, 5.74) is 0. The van der Waals surface area contributed by atoms with Crippen molar-refractivity contribution in [2.75, 3.05) is 46.8 Å². The van der Waals surface area contributed by atoms with Crippen molar-refractivity contribution in [3.63, 3.8) is 0 Å². The van der Waals surface area contributed by atoms with E-state index in [-0.39, 0.29) is 6.03 Å². The lowest BCUT2D eigenvalue weighted by atomic mass is 9.96. The van der Waals surface area contributed by atoms with Crippen LogP contribution in [0.25, 0.3) is 0 Å². The Morgan fingerprint density at radius 3 is 2.12 bits per heavy atom. The lowest BCUT2D eigenvalue weighted by Gasteiger charge is -2.36. The number of carbonyl (C=O) groups excluding carboxylic acids is 1. The number of hydrogen-bond acceptors (Lipinski definition) is 2. The Hall–Kier alpha value is -0.770. The molecule has 0 bridgehead atoms. The Balaban J connectivity index is 2.38. The summed E-state index contributed by atoms with van der Waals surface area (Å²) in [7, 11) is 4.24. The molecule has 2 amide bonds. The van der Waals surface area contributed by atoms with Crippen molar-refractivity contribution in [1.82, 2.24) is 14.7 Å². The van der Waals surface area contributed by atoms with Crippen LogP contribution < -0.4 is 0 Å². The molecule has 0 aliphatic carbocycles. The Morgan fingerprint density at radius 1 is 1.18 bits per heavy atom. The summed E-state index contributed by atoms with van der Waals surface area (Å²) in [6.07, 6.45) is 2.29. The molecule has 0 radical (unpaired) electrons. The van der Waals surface area contributed by atoms with E-state index in [4.69, 9.17) is 0 Å². The van der Waals surface area contributed by atoms with Gasteiger partial charge >= 0.3 is 6.03 Å². The van der Waals surface area contributed by atoms with Crippen LogP contribution in [0.1, 0.15) is 26.7 Å². The summed E-state index contributed by atoms with van der Waals surface area (Å²) < 4.78 is 0. The molecule has 17 heavy (non-hydrogen) atoms. The zero-order valence-corrected chi connectivity index (χ0v) is 11.8. The molecule has 0 aromatic rings. The number of urea groups is 1. The SMILES string of the molecule is CCN(CC)C(=O)N1CCC(CN(C)C)CC1. The van der Waals surface area contributed by atoms with Gasteiger partial charge in [0.05, 0.1) is 0 Å². The molecule has 4 heteroatoms. The van der Waals surface area contributed by atoms with Gasteiger partial charge in [0.1, 0.15) is 0 Å². The van der Waals surface area contributed by atoms with Crippen molar-refractivity contribution < 1.29 is 4.79 Å². The van der Waals surface area contributed by atoms with Crippen LogP contribution in [0.2, 0.25) is 0 Å². The van der Waals surface area contributed by atoms with Crippen LogP contribution in [-0.4, -0.2) is 67.5 Å². The van der Waals surface area contributed by atoms with E-state index in [0.717, 1.165) is 51.5 Å². The van der Waals surface area contributed by atoms with Crippen molar-refractivity contribution in [2.45, 2.75) is 26.7 Å². The maximum atomic E-state index is 12.1. The van der Waals surface area contributed by atoms with Crippen LogP contribution in [0.3, 0.4) is 0 Å². The van der Waals surface area contributed by atoms with Gasteiger partial charge in [-0.05, 0) is 46.7 Å². The molecule has 1 heterocycles. The third-order valence-electron chi connectivity index (χ3n) is 3.54. The molecule has 1 fully saturated rings. The molecule has 0 atom stereocenters. The Bertz CT molecular complexity index is 231. The van der Waals surface area contributed by atoms with Crippen LogP contribution in [0.5, 0.6) is 0 Å². The molecular weight excluding hydrogens is 214 g/mol. The summed E-state index contributed by atoms with van der Waals surface area (Å²) >= 11 is 0. The molecule has 1 saturated heterocycles. The minimum atomic E-state index is 0.221. The fraction of sp³-hybridized carbons (Fsp3) is 0.923. The number of amides is 2. The summed E-state index contributed by atoms with van der Waals surface area (Å²) in [5.74, 6) is 0.755. The van der Waals surface area contributed by atoms with Gasteiger partial charge in [-0.15, -0.1) is 0 Å². The lowest BCUT2D eigenvalue weighted by Crippen LogP contribution is -2.47. The van der Waals surface area contributed by atoms with Crippen LogP contribution in [0.4, 0.5) is 4.79 Å². The number of nitrogens with zero attached hydrogens (tertiary/aromatic N) is 3. The smallest absolute Gasteiger partial charge is 0.319 e. The summed E-state index contributed by atoms with van der Waals surface area (Å²) in [6.45, 7) is 8.70. The molecule has 1 aliphatic heterocycles. The summed E-state index contributed by atoms with van der Waals surface area (Å²) in [6, 6.07) is 0.221. The average molecular weight is 241 g/mol. The van der Waals surface area contributed by atoms with Crippen LogP contribution in [0.15, 0.2) is 0 Å².